The van der Waals surface area contributed by atoms with E-state index in [-0.39, 0.29) is 12.0 Å². The van der Waals surface area contributed by atoms with Crippen molar-refractivity contribution in [2.75, 3.05) is 18.5 Å². The number of carbonyl (C=O) groups is 1. The average Bonchev–Trinajstić information content (AvgIpc) is 3.23. The molecule has 0 aliphatic carbocycles. The number of hydrogen-bond acceptors (Lipinski definition) is 4. The van der Waals surface area contributed by atoms with Crippen LogP contribution in [-0.4, -0.2) is 25.2 Å². The fourth-order valence-corrected chi connectivity index (χ4v) is 2.51. The molecule has 1 N–H and O–H groups in total. The van der Waals surface area contributed by atoms with E-state index < -0.39 is 0 Å². The van der Waals surface area contributed by atoms with E-state index in [1.165, 1.54) is 6.08 Å². The van der Waals surface area contributed by atoms with Gasteiger partial charge in [0.25, 0.3) is 0 Å². The number of nitrogens with one attached hydrogen (secondary N) is 1. The summed E-state index contributed by atoms with van der Waals surface area (Å²) in [6, 6.07) is 11.0. The summed E-state index contributed by atoms with van der Waals surface area (Å²) < 4.78 is 16.7. The summed E-state index contributed by atoms with van der Waals surface area (Å²) >= 11 is 0. The molecule has 1 atom stereocenters. The first-order valence-corrected chi connectivity index (χ1v) is 8.09. The van der Waals surface area contributed by atoms with E-state index in [9.17, 15) is 4.79 Å². The van der Waals surface area contributed by atoms with Gasteiger partial charge in [-0.25, -0.2) is 0 Å². The zero-order chi connectivity index (χ0) is 16.8. The molecule has 1 aromatic carbocycles. The number of amides is 1. The molecule has 1 amide bonds. The Labute approximate surface area is 141 Å². The molecule has 0 bridgehead atoms. The van der Waals surface area contributed by atoms with Crippen LogP contribution in [0.2, 0.25) is 0 Å². The number of ether oxygens (including phenoxy) is 2. The number of anilines is 1. The van der Waals surface area contributed by atoms with Crippen LogP contribution in [0.15, 0.2) is 46.9 Å². The third-order valence-corrected chi connectivity index (χ3v) is 3.72. The molecule has 1 aromatic heterocycles. The van der Waals surface area contributed by atoms with E-state index in [0.717, 1.165) is 25.2 Å². The number of aryl methyl sites for hydroxylation is 1. The number of furan rings is 1. The summed E-state index contributed by atoms with van der Waals surface area (Å²) in [4.78, 5) is 12.0. The molecule has 1 fully saturated rings. The monoisotopic (exact) mass is 327 g/mol. The standard InChI is InChI=1S/C19H21NO4/c1-14-7-8-16(24-14)9-10-19(21)20-15-4-2-5-17(12-15)23-13-18-6-3-11-22-18/h2,4-5,7-10,12,18H,3,6,11,13H2,1H3,(H,20,21)/b10-9+. The van der Waals surface area contributed by atoms with Gasteiger partial charge in [0, 0.05) is 24.4 Å². The molecule has 24 heavy (non-hydrogen) atoms. The number of benzene rings is 1. The van der Waals surface area contributed by atoms with Gasteiger partial charge in [-0.15, -0.1) is 0 Å². The Kier molecular flexibility index (Phi) is 5.33. The van der Waals surface area contributed by atoms with Crippen LogP contribution < -0.4 is 10.1 Å². The first-order valence-electron chi connectivity index (χ1n) is 8.09. The van der Waals surface area contributed by atoms with Crippen molar-refractivity contribution < 1.29 is 18.7 Å². The molecule has 0 spiro atoms. The molecule has 3 rings (SSSR count). The SMILES string of the molecule is Cc1ccc(/C=C/C(=O)Nc2cccc(OCC3CCCO3)c2)o1. The van der Waals surface area contributed by atoms with Crippen molar-refractivity contribution >= 4 is 17.7 Å². The van der Waals surface area contributed by atoms with Gasteiger partial charge in [0.05, 0.1) is 6.10 Å². The lowest BCUT2D eigenvalue weighted by molar-refractivity contribution is -0.111. The van der Waals surface area contributed by atoms with Crippen molar-refractivity contribution in [3.8, 4) is 5.75 Å². The highest BCUT2D eigenvalue weighted by Crippen LogP contribution is 2.20. The Morgan fingerprint density at radius 2 is 2.29 bits per heavy atom. The lowest BCUT2D eigenvalue weighted by Gasteiger charge is -2.12. The third-order valence-electron chi connectivity index (χ3n) is 3.72. The van der Waals surface area contributed by atoms with Gasteiger partial charge < -0.3 is 19.2 Å². The quantitative estimate of drug-likeness (QED) is 0.820. The van der Waals surface area contributed by atoms with Gasteiger partial charge in [-0.2, -0.15) is 0 Å². The van der Waals surface area contributed by atoms with Crippen LogP contribution in [0.1, 0.15) is 24.4 Å². The van der Waals surface area contributed by atoms with E-state index in [1.54, 1.807) is 12.1 Å². The minimum absolute atomic E-state index is 0.169. The normalized spacial score (nSPS) is 17.3. The summed E-state index contributed by atoms with van der Waals surface area (Å²) in [5, 5.41) is 2.81. The topological polar surface area (TPSA) is 60.7 Å². The van der Waals surface area contributed by atoms with Gasteiger partial charge in [0.15, 0.2) is 0 Å². The predicted octanol–water partition coefficient (Wildman–Crippen LogP) is 3.80. The zero-order valence-corrected chi connectivity index (χ0v) is 13.7. The van der Waals surface area contributed by atoms with Gasteiger partial charge in [0.2, 0.25) is 5.91 Å². The van der Waals surface area contributed by atoms with Gasteiger partial charge in [-0.1, -0.05) is 6.07 Å². The van der Waals surface area contributed by atoms with Crippen molar-refractivity contribution in [3.63, 3.8) is 0 Å². The van der Waals surface area contributed by atoms with Crippen LogP contribution in [0.25, 0.3) is 6.08 Å². The van der Waals surface area contributed by atoms with Crippen molar-refractivity contribution in [1.82, 2.24) is 0 Å². The maximum absolute atomic E-state index is 12.0. The lowest BCUT2D eigenvalue weighted by atomic mass is 10.2. The van der Waals surface area contributed by atoms with E-state index in [4.69, 9.17) is 13.9 Å². The molecule has 1 unspecified atom stereocenters. The van der Waals surface area contributed by atoms with E-state index in [1.807, 2.05) is 37.3 Å². The Bertz CT molecular complexity index is 714. The lowest BCUT2D eigenvalue weighted by Crippen LogP contribution is -2.16. The summed E-state index contributed by atoms with van der Waals surface area (Å²) in [7, 11) is 0. The summed E-state index contributed by atoms with van der Waals surface area (Å²) in [6.07, 6.45) is 5.38. The third kappa shape index (κ3) is 4.73. The fraction of sp³-hybridized carbons (Fsp3) is 0.316. The first kappa shape index (κ1) is 16.3. The molecule has 1 aliphatic heterocycles. The van der Waals surface area contributed by atoms with Crippen LogP contribution in [0.3, 0.4) is 0 Å². The first-order chi connectivity index (χ1) is 11.7. The molecule has 2 aromatic rings. The van der Waals surface area contributed by atoms with Crippen LogP contribution in [0.4, 0.5) is 5.69 Å². The second kappa shape index (κ2) is 7.84. The maximum atomic E-state index is 12.0. The van der Waals surface area contributed by atoms with Crippen LogP contribution >= 0.6 is 0 Å². The van der Waals surface area contributed by atoms with E-state index in [0.29, 0.717) is 23.8 Å². The molecule has 1 aliphatic rings. The van der Waals surface area contributed by atoms with Crippen LogP contribution in [0, 0.1) is 6.92 Å². The summed E-state index contributed by atoms with van der Waals surface area (Å²) in [5.74, 6) is 1.96. The number of carbonyl (C=O) groups excluding carboxylic acids is 1. The molecule has 0 saturated carbocycles. The second-order valence-corrected chi connectivity index (χ2v) is 5.74. The molecule has 2 heterocycles. The molecular formula is C19H21NO4. The molecule has 5 heteroatoms. The van der Waals surface area contributed by atoms with Gasteiger partial charge in [-0.3, -0.25) is 4.79 Å². The van der Waals surface area contributed by atoms with Crippen molar-refractivity contribution in [3.05, 3.63) is 54.0 Å². The molecular weight excluding hydrogens is 306 g/mol. The van der Waals surface area contributed by atoms with E-state index >= 15 is 0 Å². The zero-order valence-electron chi connectivity index (χ0n) is 13.7. The highest BCUT2D eigenvalue weighted by molar-refractivity contribution is 6.01. The molecule has 1 saturated heterocycles. The van der Waals surface area contributed by atoms with E-state index in [2.05, 4.69) is 5.32 Å². The Morgan fingerprint density at radius 3 is 3.04 bits per heavy atom. The van der Waals surface area contributed by atoms with Gasteiger partial charge in [0.1, 0.15) is 23.9 Å². The van der Waals surface area contributed by atoms with Crippen LogP contribution in [0.5, 0.6) is 5.75 Å². The Balaban J connectivity index is 1.53. The van der Waals surface area contributed by atoms with Crippen molar-refractivity contribution in [2.24, 2.45) is 0 Å². The minimum Gasteiger partial charge on any atom is -0.491 e. The highest BCUT2D eigenvalue weighted by Gasteiger charge is 2.16. The highest BCUT2D eigenvalue weighted by atomic mass is 16.5. The molecule has 5 nitrogen and oxygen atoms in total. The predicted molar refractivity (Wildman–Crippen MR) is 92.0 cm³/mol. The fourth-order valence-electron chi connectivity index (χ4n) is 2.51. The largest absolute Gasteiger partial charge is 0.491 e. The Morgan fingerprint density at radius 1 is 1.38 bits per heavy atom. The average molecular weight is 327 g/mol. The van der Waals surface area contributed by atoms with Crippen molar-refractivity contribution in [1.29, 1.82) is 0 Å². The number of hydrogen-bond donors (Lipinski definition) is 1. The second-order valence-electron chi connectivity index (χ2n) is 5.74. The summed E-state index contributed by atoms with van der Waals surface area (Å²) in [5.41, 5.74) is 0.685. The molecule has 0 radical (unpaired) electrons. The van der Waals surface area contributed by atoms with Crippen LogP contribution in [-0.2, 0) is 9.53 Å². The minimum atomic E-state index is -0.222. The molecule has 126 valence electrons. The number of rotatable bonds is 6. The van der Waals surface area contributed by atoms with Crippen molar-refractivity contribution in [2.45, 2.75) is 25.9 Å². The Hall–Kier alpha value is -2.53. The maximum Gasteiger partial charge on any atom is 0.248 e. The smallest absolute Gasteiger partial charge is 0.248 e. The summed E-state index contributed by atoms with van der Waals surface area (Å²) in [6.45, 7) is 3.21. The van der Waals surface area contributed by atoms with Gasteiger partial charge >= 0.3 is 0 Å². The van der Waals surface area contributed by atoms with Gasteiger partial charge in [-0.05, 0) is 50.1 Å².